The van der Waals surface area contributed by atoms with Crippen LogP contribution in [0.2, 0.25) is 0 Å². The maximum Gasteiger partial charge on any atom is 0.272 e. The van der Waals surface area contributed by atoms with Gasteiger partial charge in [0.2, 0.25) is 15.4 Å². The second kappa shape index (κ2) is 5.51. The molecule has 1 heterocycles. The molecule has 1 amide bonds. The predicted molar refractivity (Wildman–Crippen MR) is 73.5 cm³/mol. The smallest absolute Gasteiger partial charge is 0.272 e. The Morgan fingerprint density at radius 2 is 1.95 bits per heavy atom. The van der Waals surface area contributed by atoms with Crippen molar-refractivity contribution in [1.82, 2.24) is 14.5 Å². The third kappa shape index (κ3) is 4.51. The van der Waals surface area contributed by atoms with Gasteiger partial charge < -0.3 is 5.32 Å². The van der Waals surface area contributed by atoms with Gasteiger partial charge in [0.1, 0.15) is 0 Å². The molecule has 0 spiro atoms. The van der Waals surface area contributed by atoms with E-state index in [1.165, 1.54) is 18.3 Å². The highest BCUT2D eigenvalue weighted by atomic mass is 32.2. The van der Waals surface area contributed by atoms with Gasteiger partial charge in [0.05, 0.1) is 0 Å². The monoisotopic (exact) mass is 306 g/mol. The van der Waals surface area contributed by atoms with Gasteiger partial charge in [-0.3, -0.25) is 4.79 Å². The first-order valence-corrected chi connectivity index (χ1v) is 7.85. The summed E-state index contributed by atoms with van der Waals surface area (Å²) in [5.74, 6) is -0.317. The number of carbonyl (C=O) groups excluding carboxylic acids is 1. The second-order valence-corrected chi connectivity index (χ2v) is 8.57. The molecule has 0 radical (unpaired) electrons. The summed E-state index contributed by atoms with van der Waals surface area (Å²) in [4.78, 5) is 10.9. The average molecular weight is 306 g/mol. The number of hydrogen-bond donors (Lipinski definition) is 1. The van der Waals surface area contributed by atoms with Crippen molar-refractivity contribution in [3.8, 4) is 0 Å². The van der Waals surface area contributed by atoms with Crippen LogP contribution in [0.15, 0.2) is 4.34 Å². The third-order valence-corrected chi connectivity index (χ3v) is 5.01. The molecular formula is C10H18N4O3S2. The van der Waals surface area contributed by atoms with E-state index in [2.05, 4.69) is 15.5 Å². The minimum absolute atomic E-state index is 0.122. The first-order chi connectivity index (χ1) is 8.52. The lowest BCUT2D eigenvalue weighted by molar-refractivity contribution is -0.114. The standard InChI is InChI=1S/C10H18N4O3S2/c1-7(15)11-8-12-13-9(18-8)19(16,17)14(5)6-10(2,3)4/h6H2,1-5H3,(H,11,12,15). The summed E-state index contributed by atoms with van der Waals surface area (Å²) in [6.45, 7) is 7.53. The van der Waals surface area contributed by atoms with Gasteiger partial charge in [-0.2, -0.15) is 4.31 Å². The molecule has 0 aliphatic heterocycles. The van der Waals surface area contributed by atoms with Crippen molar-refractivity contribution in [1.29, 1.82) is 0 Å². The van der Waals surface area contributed by atoms with Gasteiger partial charge in [-0.15, -0.1) is 10.2 Å². The highest BCUT2D eigenvalue weighted by molar-refractivity contribution is 7.91. The van der Waals surface area contributed by atoms with Crippen molar-refractivity contribution in [3.63, 3.8) is 0 Å². The van der Waals surface area contributed by atoms with Crippen molar-refractivity contribution in [2.24, 2.45) is 5.41 Å². The van der Waals surface area contributed by atoms with Crippen LogP contribution in [0.3, 0.4) is 0 Å². The summed E-state index contributed by atoms with van der Waals surface area (Å²) in [6.07, 6.45) is 0. The Hall–Kier alpha value is -1.06. The van der Waals surface area contributed by atoms with E-state index < -0.39 is 10.0 Å². The summed E-state index contributed by atoms with van der Waals surface area (Å²) in [6, 6.07) is 0. The molecule has 7 nitrogen and oxygen atoms in total. The Balaban J connectivity index is 2.94. The van der Waals surface area contributed by atoms with Crippen LogP contribution in [-0.4, -0.2) is 42.4 Å². The van der Waals surface area contributed by atoms with E-state index in [9.17, 15) is 13.2 Å². The number of nitrogens with one attached hydrogen (secondary N) is 1. The van der Waals surface area contributed by atoms with Crippen LogP contribution in [0.4, 0.5) is 5.13 Å². The molecule has 0 saturated carbocycles. The van der Waals surface area contributed by atoms with Crippen LogP contribution in [0, 0.1) is 5.41 Å². The fourth-order valence-corrected chi connectivity index (χ4v) is 3.93. The molecule has 1 aromatic heterocycles. The highest BCUT2D eigenvalue weighted by Crippen LogP contribution is 2.25. The maximum absolute atomic E-state index is 12.2. The van der Waals surface area contributed by atoms with Crippen LogP contribution in [0.5, 0.6) is 0 Å². The van der Waals surface area contributed by atoms with E-state index in [0.717, 1.165) is 11.3 Å². The molecule has 0 saturated heterocycles. The van der Waals surface area contributed by atoms with Crippen LogP contribution in [0.25, 0.3) is 0 Å². The molecule has 0 bridgehead atoms. The zero-order valence-electron chi connectivity index (χ0n) is 11.6. The molecule has 108 valence electrons. The quantitative estimate of drug-likeness (QED) is 0.843. The van der Waals surface area contributed by atoms with Crippen LogP contribution in [0.1, 0.15) is 27.7 Å². The van der Waals surface area contributed by atoms with E-state index >= 15 is 0 Å². The van der Waals surface area contributed by atoms with Crippen LogP contribution >= 0.6 is 11.3 Å². The van der Waals surface area contributed by atoms with Gasteiger partial charge in [-0.25, -0.2) is 8.42 Å². The Kier molecular flexibility index (Phi) is 4.64. The van der Waals surface area contributed by atoms with Crippen LogP contribution < -0.4 is 5.32 Å². The van der Waals surface area contributed by atoms with Crippen molar-refractivity contribution >= 4 is 32.4 Å². The summed E-state index contributed by atoms with van der Waals surface area (Å²) in [7, 11) is -2.16. The van der Waals surface area contributed by atoms with E-state index in [1.807, 2.05) is 20.8 Å². The Morgan fingerprint density at radius 1 is 1.37 bits per heavy atom. The molecule has 0 fully saturated rings. The number of aromatic nitrogens is 2. The minimum Gasteiger partial charge on any atom is -0.301 e. The zero-order valence-corrected chi connectivity index (χ0v) is 13.2. The SMILES string of the molecule is CC(=O)Nc1nnc(S(=O)(=O)N(C)CC(C)(C)C)s1. The number of amides is 1. The fourth-order valence-electron chi connectivity index (χ4n) is 1.40. The van der Waals surface area contributed by atoms with Gasteiger partial charge in [-0.05, 0) is 5.41 Å². The van der Waals surface area contributed by atoms with Crippen molar-refractivity contribution < 1.29 is 13.2 Å². The Morgan fingerprint density at radius 3 is 2.42 bits per heavy atom. The fraction of sp³-hybridized carbons (Fsp3) is 0.700. The van der Waals surface area contributed by atoms with Crippen molar-refractivity contribution in [2.75, 3.05) is 18.9 Å². The molecule has 0 aromatic carbocycles. The normalized spacial score (nSPS) is 12.7. The number of sulfonamides is 1. The molecule has 19 heavy (non-hydrogen) atoms. The maximum atomic E-state index is 12.2. The van der Waals surface area contributed by atoms with Gasteiger partial charge in [-0.1, -0.05) is 32.1 Å². The Bertz CT molecular complexity index is 560. The zero-order chi connectivity index (χ0) is 14.8. The van der Waals surface area contributed by atoms with E-state index in [0.29, 0.717) is 6.54 Å². The summed E-state index contributed by atoms with van der Waals surface area (Å²) in [5.41, 5.74) is -0.160. The van der Waals surface area contributed by atoms with Gasteiger partial charge >= 0.3 is 0 Å². The van der Waals surface area contributed by atoms with Crippen LogP contribution in [-0.2, 0) is 14.8 Å². The van der Waals surface area contributed by atoms with E-state index in [1.54, 1.807) is 0 Å². The second-order valence-electron chi connectivity index (χ2n) is 5.38. The molecular weight excluding hydrogens is 288 g/mol. The number of hydrogen-bond acceptors (Lipinski definition) is 6. The third-order valence-electron chi connectivity index (χ3n) is 2.02. The first-order valence-electron chi connectivity index (χ1n) is 5.60. The van der Waals surface area contributed by atoms with Crippen molar-refractivity contribution in [3.05, 3.63) is 0 Å². The molecule has 0 aliphatic rings. The minimum atomic E-state index is -3.66. The predicted octanol–water partition coefficient (Wildman–Crippen LogP) is 1.16. The van der Waals surface area contributed by atoms with Crippen molar-refractivity contribution in [2.45, 2.75) is 32.0 Å². The topological polar surface area (TPSA) is 92.3 Å². The molecule has 1 rings (SSSR count). The lowest BCUT2D eigenvalue weighted by Gasteiger charge is -2.24. The molecule has 0 aliphatic carbocycles. The molecule has 9 heteroatoms. The average Bonchev–Trinajstić information content (AvgIpc) is 2.62. The van der Waals surface area contributed by atoms with Gasteiger partial charge in [0, 0.05) is 20.5 Å². The molecule has 0 unspecified atom stereocenters. The lowest BCUT2D eigenvalue weighted by Crippen LogP contribution is -2.34. The molecule has 0 atom stereocenters. The number of nitrogens with zero attached hydrogens (tertiary/aromatic N) is 3. The first kappa shape index (κ1) is 16.0. The summed E-state index contributed by atoms with van der Waals surface area (Å²) in [5, 5.41) is 9.83. The highest BCUT2D eigenvalue weighted by Gasteiger charge is 2.28. The molecule has 1 aromatic rings. The van der Waals surface area contributed by atoms with E-state index in [4.69, 9.17) is 0 Å². The molecule has 1 N–H and O–H groups in total. The Labute approximate surface area is 117 Å². The number of carbonyl (C=O) groups is 1. The number of anilines is 1. The summed E-state index contributed by atoms with van der Waals surface area (Å²) < 4.78 is 25.6. The largest absolute Gasteiger partial charge is 0.301 e. The van der Waals surface area contributed by atoms with Gasteiger partial charge in [0.25, 0.3) is 10.0 Å². The number of rotatable bonds is 4. The van der Waals surface area contributed by atoms with E-state index in [-0.39, 0.29) is 20.8 Å². The summed E-state index contributed by atoms with van der Waals surface area (Å²) >= 11 is 0.839. The lowest BCUT2D eigenvalue weighted by atomic mass is 9.97. The van der Waals surface area contributed by atoms with Gasteiger partial charge in [0.15, 0.2) is 0 Å².